The van der Waals surface area contributed by atoms with Crippen molar-refractivity contribution in [2.45, 2.75) is 77.3 Å². The van der Waals surface area contributed by atoms with Crippen LogP contribution in [0.3, 0.4) is 0 Å². The van der Waals surface area contributed by atoms with E-state index in [-0.39, 0.29) is 11.4 Å². The Balaban J connectivity index is 1.85. The maximum absolute atomic E-state index is 12.8. The van der Waals surface area contributed by atoms with E-state index in [4.69, 9.17) is 5.84 Å². The van der Waals surface area contributed by atoms with E-state index in [0.717, 1.165) is 18.7 Å². The first-order chi connectivity index (χ1) is 12.9. The predicted molar refractivity (Wildman–Crippen MR) is 108 cm³/mol. The summed E-state index contributed by atoms with van der Waals surface area (Å²) >= 11 is 0. The summed E-state index contributed by atoms with van der Waals surface area (Å²) in [5.41, 5.74) is 1.08. The normalized spacial score (nSPS) is 25.3. The van der Waals surface area contributed by atoms with Crippen LogP contribution in [-0.4, -0.2) is 27.5 Å². The molecule has 1 saturated heterocycles. The zero-order valence-corrected chi connectivity index (χ0v) is 16.8. The van der Waals surface area contributed by atoms with E-state index in [2.05, 4.69) is 29.5 Å². The van der Waals surface area contributed by atoms with Gasteiger partial charge in [0.1, 0.15) is 5.82 Å². The highest BCUT2D eigenvalue weighted by atomic mass is 16.1. The SMILES string of the molecule is C/C(C(=O)Nc1cccnc1)=C1/NC(C2CCCCC2)CCC(C)(C)N1N. The quantitative estimate of drug-likeness (QED) is 0.559. The Labute approximate surface area is 162 Å². The molecule has 0 spiro atoms. The molecule has 3 rings (SSSR count). The number of hydrogen-bond acceptors (Lipinski definition) is 5. The average molecular weight is 372 g/mol. The van der Waals surface area contributed by atoms with Gasteiger partial charge in [0.2, 0.25) is 0 Å². The van der Waals surface area contributed by atoms with Gasteiger partial charge in [-0.2, -0.15) is 0 Å². The number of rotatable bonds is 3. The topological polar surface area (TPSA) is 83.3 Å². The van der Waals surface area contributed by atoms with Crippen molar-refractivity contribution in [3.05, 3.63) is 35.9 Å². The van der Waals surface area contributed by atoms with Crippen molar-refractivity contribution in [3.8, 4) is 0 Å². The molecule has 6 heteroatoms. The van der Waals surface area contributed by atoms with E-state index in [1.807, 2.05) is 13.0 Å². The number of carbonyl (C=O) groups is 1. The number of nitrogens with zero attached hydrogens (tertiary/aromatic N) is 2. The van der Waals surface area contributed by atoms with Crippen molar-refractivity contribution in [2.75, 3.05) is 5.32 Å². The van der Waals surface area contributed by atoms with Crippen molar-refractivity contribution >= 4 is 11.6 Å². The fraction of sp³-hybridized carbons (Fsp3) is 0.619. The van der Waals surface area contributed by atoms with Crippen LogP contribution in [0, 0.1) is 5.92 Å². The Morgan fingerprint density at radius 3 is 2.70 bits per heavy atom. The summed E-state index contributed by atoms with van der Waals surface area (Å²) < 4.78 is 0. The molecular formula is C21H33N5O. The van der Waals surface area contributed by atoms with Gasteiger partial charge in [0.15, 0.2) is 0 Å². The van der Waals surface area contributed by atoms with Gasteiger partial charge < -0.3 is 10.6 Å². The molecule has 0 bridgehead atoms. The lowest BCUT2D eigenvalue weighted by atomic mass is 9.81. The summed E-state index contributed by atoms with van der Waals surface area (Å²) in [6.07, 6.45) is 11.9. The Hall–Kier alpha value is -2.08. The molecule has 1 aromatic heterocycles. The first-order valence-electron chi connectivity index (χ1n) is 10.1. The van der Waals surface area contributed by atoms with Crippen LogP contribution in [0.1, 0.15) is 65.7 Å². The molecule has 1 saturated carbocycles. The second-order valence-corrected chi connectivity index (χ2v) is 8.54. The highest BCUT2D eigenvalue weighted by molar-refractivity contribution is 6.03. The van der Waals surface area contributed by atoms with Gasteiger partial charge >= 0.3 is 0 Å². The van der Waals surface area contributed by atoms with Gasteiger partial charge in [-0.25, -0.2) is 5.84 Å². The summed E-state index contributed by atoms with van der Waals surface area (Å²) in [5, 5.41) is 8.34. The molecule has 2 heterocycles. The Morgan fingerprint density at radius 1 is 1.30 bits per heavy atom. The third-order valence-electron chi connectivity index (χ3n) is 6.12. The van der Waals surface area contributed by atoms with Gasteiger partial charge in [-0.3, -0.25) is 14.8 Å². The fourth-order valence-electron chi connectivity index (χ4n) is 4.20. The van der Waals surface area contributed by atoms with Crippen molar-refractivity contribution < 1.29 is 4.79 Å². The number of pyridine rings is 1. The van der Waals surface area contributed by atoms with Crippen LogP contribution in [0.2, 0.25) is 0 Å². The van der Waals surface area contributed by atoms with Crippen molar-refractivity contribution in [3.63, 3.8) is 0 Å². The zero-order chi connectivity index (χ0) is 19.4. The highest BCUT2D eigenvalue weighted by Gasteiger charge is 2.36. The monoisotopic (exact) mass is 371 g/mol. The van der Waals surface area contributed by atoms with E-state index < -0.39 is 0 Å². The molecule has 2 aliphatic rings. The predicted octanol–water partition coefficient (Wildman–Crippen LogP) is 3.54. The molecule has 0 aromatic carbocycles. The van der Waals surface area contributed by atoms with Gasteiger partial charge in [-0.1, -0.05) is 19.3 Å². The highest BCUT2D eigenvalue weighted by Crippen LogP contribution is 2.34. The van der Waals surface area contributed by atoms with E-state index in [9.17, 15) is 4.79 Å². The van der Waals surface area contributed by atoms with E-state index >= 15 is 0 Å². The number of hydrogen-bond donors (Lipinski definition) is 3. The number of aromatic nitrogens is 1. The molecule has 4 N–H and O–H groups in total. The minimum atomic E-state index is -0.207. The Bertz CT molecular complexity index is 679. The van der Waals surface area contributed by atoms with Crippen molar-refractivity contribution in [1.29, 1.82) is 0 Å². The van der Waals surface area contributed by atoms with Crippen LogP contribution < -0.4 is 16.5 Å². The lowest BCUT2D eigenvalue weighted by molar-refractivity contribution is -0.113. The number of amides is 1. The molecular weight excluding hydrogens is 338 g/mol. The summed E-state index contributed by atoms with van der Waals surface area (Å²) in [7, 11) is 0. The molecule has 148 valence electrons. The third kappa shape index (κ3) is 4.61. The second-order valence-electron chi connectivity index (χ2n) is 8.54. The molecule has 1 aliphatic heterocycles. The summed E-state index contributed by atoms with van der Waals surface area (Å²) in [6, 6.07) is 4.01. The summed E-state index contributed by atoms with van der Waals surface area (Å²) in [5.74, 6) is 7.75. The van der Waals surface area contributed by atoms with E-state index in [1.54, 1.807) is 23.5 Å². The van der Waals surface area contributed by atoms with Gasteiger partial charge in [-0.05, 0) is 64.5 Å². The van der Waals surface area contributed by atoms with E-state index in [1.165, 1.54) is 32.1 Å². The molecule has 1 atom stereocenters. The molecule has 1 unspecified atom stereocenters. The van der Waals surface area contributed by atoms with Gasteiger partial charge in [-0.15, -0.1) is 0 Å². The van der Waals surface area contributed by atoms with Crippen LogP contribution in [-0.2, 0) is 4.79 Å². The van der Waals surface area contributed by atoms with E-state index in [0.29, 0.717) is 23.2 Å². The number of anilines is 1. The van der Waals surface area contributed by atoms with Crippen LogP contribution in [0.5, 0.6) is 0 Å². The van der Waals surface area contributed by atoms with Crippen molar-refractivity contribution in [1.82, 2.24) is 15.3 Å². The maximum atomic E-state index is 12.8. The molecule has 1 aliphatic carbocycles. The maximum Gasteiger partial charge on any atom is 0.255 e. The number of carbonyl (C=O) groups excluding carboxylic acids is 1. The molecule has 6 nitrogen and oxygen atoms in total. The molecule has 27 heavy (non-hydrogen) atoms. The third-order valence-corrected chi connectivity index (χ3v) is 6.12. The minimum absolute atomic E-state index is 0.152. The zero-order valence-electron chi connectivity index (χ0n) is 16.8. The molecule has 2 fully saturated rings. The Morgan fingerprint density at radius 2 is 2.04 bits per heavy atom. The standard InChI is InChI=1S/C21H33N5O/c1-15(20(27)24-17-10-7-13-23-14-17)19-25-18(16-8-5-4-6-9-16)11-12-21(2,3)26(19)22/h7,10,13-14,16,18,25H,4-6,8-9,11-12,22H2,1-3H3,(H,24,27)/b19-15+. The number of hydrazine groups is 1. The number of nitrogens with two attached hydrogens (primary N) is 1. The summed E-state index contributed by atoms with van der Waals surface area (Å²) in [6.45, 7) is 6.13. The second kappa shape index (κ2) is 8.30. The van der Waals surface area contributed by atoms with Gasteiger partial charge in [0.05, 0.1) is 23.0 Å². The van der Waals surface area contributed by atoms with Crippen LogP contribution in [0.25, 0.3) is 0 Å². The van der Waals surface area contributed by atoms with Gasteiger partial charge in [0.25, 0.3) is 5.91 Å². The minimum Gasteiger partial charge on any atom is -0.367 e. The van der Waals surface area contributed by atoms with Crippen LogP contribution in [0.15, 0.2) is 35.9 Å². The molecule has 0 radical (unpaired) electrons. The number of nitrogens with one attached hydrogen (secondary N) is 2. The largest absolute Gasteiger partial charge is 0.367 e. The van der Waals surface area contributed by atoms with Crippen LogP contribution in [0.4, 0.5) is 5.69 Å². The van der Waals surface area contributed by atoms with Crippen LogP contribution >= 0.6 is 0 Å². The smallest absolute Gasteiger partial charge is 0.255 e. The van der Waals surface area contributed by atoms with Crippen molar-refractivity contribution in [2.24, 2.45) is 11.8 Å². The van der Waals surface area contributed by atoms with Gasteiger partial charge in [0, 0.05) is 12.2 Å². The molecule has 1 amide bonds. The molecule has 1 aromatic rings. The average Bonchev–Trinajstić information content (AvgIpc) is 2.79. The first kappa shape index (κ1) is 19.7. The lowest BCUT2D eigenvalue weighted by Crippen LogP contribution is -2.51. The summed E-state index contributed by atoms with van der Waals surface area (Å²) in [4.78, 5) is 16.9. The lowest BCUT2D eigenvalue weighted by Gasteiger charge is -2.37. The Kier molecular flexibility index (Phi) is 6.05. The fourth-order valence-corrected chi connectivity index (χ4v) is 4.20. The first-order valence-corrected chi connectivity index (χ1v) is 10.1.